The summed E-state index contributed by atoms with van der Waals surface area (Å²) in [5.74, 6) is 0. The van der Waals surface area contributed by atoms with E-state index in [0.29, 0.717) is 10.9 Å². The van der Waals surface area contributed by atoms with Gasteiger partial charge in [0.05, 0.1) is 16.6 Å². The molecule has 2 aromatic heterocycles. The SMILES string of the molecule is Cc1c(-c2cccc3[nH]ccc23)cccc1-n1cnc2ccccc2c1=O. The zero-order valence-electron chi connectivity index (χ0n) is 14.8. The standard InChI is InChI=1S/C23H17N3O/c1-15-16(17-8-4-10-20-18(17)12-13-24-20)7-5-11-22(15)26-14-25-21-9-3-2-6-19(21)23(26)27/h2-14,24H,1H3. The summed E-state index contributed by atoms with van der Waals surface area (Å²) in [7, 11) is 0. The van der Waals surface area contributed by atoms with E-state index in [0.717, 1.165) is 27.9 Å². The highest BCUT2D eigenvalue weighted by molar-refractivity contribution is 5.96. The van der Waals surface area contributed by atoms with Crippen LogP contribution in [0.1, 0.15) is 5.56 Å². The van der Waals surface area contributed by atoms with Crippen molar-refractivity contribution in [1.82, 2.24) is 14.5 Å². The second kappa shape index (κ2) is 5.95. The van der Waals surface area contributed by atoms with Crippen LogP contribution in [0.5, 0.6) is 0 Å². The average molecular weight is 351 g/mol. The molecule has 0 spiro atoms. The smallest absolute Gasteiger partial charge is 0.265 e. The molecule has 1 N–H and O–H groups in total. The predicted molar refractivity (Wildman–Crippen MR) is 109 cm³/mol. The Hall–Kier alpha value is -3.66. The van der Waals surface area contributed by atoms with Crippen LogP contribution in [0.15, 0.2) is 84.0 Å². The van der Waals surface area contributed by atoms with E-state index in [1.54, 1.807) is 10.9 Å². The number of benzene rings is 3. The molecule has 0 aliphatic heterocycles. The molecule has 3 aromatic carbocycles. The van der Waals surface area contributed by atoms with Gasteiger partial charge in [-0.2, -0.15) is 0 Å². The largest absolute Gasteiger partial charge is 0.361 e. The number of aromatic nitrogens is 3. The van der Waals surface area contributed by atoms with E-state index in [1.165, 1.54) is 5.39 Å². The highest BCUT2D eigenvalue weighted by Gasteiger charge is 2.13. The van der Waals surface area contributed by atoms with Crippen LogP contribution in [0.25, 0.3) is 38.6 Å². The van der Waals surface area contributed by atoms with Gasteiger partial charge in [0, 0.05) is 17.1 Å². The molecule has 0 bridgehead atoms. The van der Waals surface area contributed by atoms with Crippen molar-refractivity contribution < 1.29 is 0 Å². The van der Waals surface area contributed by atoms with E-state index < -0.39 is 0 Å². The molecule has 130 valence electrons. The first-order chi connectivity index (χ1) is 13.2. The summed E-state index contributed by atoms with van der Waals surface area (Å²) >= 11 is 0. The Labute approximate surface area is 155 Å². The Morgan fingerprint density at radius 1 is 0.852 bits per heavy atom. The first kappa shape index (κ1) is 15.6. The number of H-pyrrole nitrogens is 1. The van der Waals surface area contributed by atoms with Gasteiger partial charge in [0.15, 0.2) is 0 Å². The molecule has 0 saturated heterocycles. The van der Waals surface area contributed by atoms with E-state index in [-0.39, 0.29) is 5.56 Å². The molecule has 4 nitrogen and oxygen atoms in total. The predicted octanol–water partition coefficient (Wildman–Crippen LogP) is 4.84. The molecular weight excluding hydrogens is 334 g/mol. The maximum Gasteiger partial charge on any atom is 0.265 e. The van der Waals surface area contributed by atoms with Crippen LogP contribution in [-0.2, 0) is 0 Å². The lowest BCUT2D eigenvalue weighted by molar-refractivity contribution is 0.953. The van der Waals surface area contributed by atoms with Gasteiger partial charge in [-0.3, -0.25) is 9.36 Å². The molecule has 0 atom stereocenters. The molecule has 0 aliphatic carbocycles. The van der Waals surface area contributed by atoms with Gasteiger partial charge < -0.3 is 4.98 Å². The van der Waals surface area contributed by atoms with Gasteiger partial charge in [0.1, 0.15) is 6.33 Å². The van der Waals surface area contributed by atoms with Crippen LogP contribution in [-0.4, -0.2) is 14.5 Å². The maximum atomic E-state index is 13.0. The van der Waals surface area contributed by atoms with Gasteiger partial charge >= 0.3 is 0 Å². The summed E-state index contributed by atoms with van der Waals surface area (Å²) in [5.41, 5.74) is 5.91. The first-order valence-corrected chi connectivity index (χ1v) is 8.87. The van der Waals surface area contributed by atoms with E-state index in [2.05, 4.69) is 41.2 Å². The second-order valence-corrected chi connectivity index (χ2v) is 6.63. The highest BCUT2D eigenvalue weighted by atomic mass is 16.1. The van der Waals surface area contributed by atoms with Crippen LogP contribution in [0.3, 0.4) is 0 Å². The molecule has 4 heteroatoms. The number of aromatic amines is 1. The minimum absolute atomic E-state index is 0.0549. The van der Waals surface area contributed by atoms with Crippen molar-refractivity contribution in [2.75, 3.05) is 0 Å². The van der Waals surface area contributed by atoms with Crippen molar-refractivity contribution in [2.45, 2.75) is 6.92 Å². The second-order valence-electron chi connectivity index (χ2n) is 6.63. The van der Waals surface area contributed by atoms with Crippen LogP contribution in [0, 0.1) is 6.92 Å². The quantitative estimate of drug-likeness (QED) is 0.495. The van der Waals surface area contributed by atoms with Crippen molar-refractivity contribution in [1.29, 1.82) is 0 Å². The van der Waals surface area contributed by atoms with Crippen LogP contribution >= 0.6 is 0 Å². The lowest BCUT2D eigenvalue weighted by atomic mass is 9.96. The summed E-state index contributed by atoms with van der Waals surface area (Å²) in [5, 5.41) is 1.79. The van der Waals surface area contributed by atoms with E-state index in [4.69, 9.17) is 0 Å². The fraction of sp³-hybridized carbons (Fsp3) is 0.0435. The summed E-state index contributed by atoms with van der Waals surface area (Å²) < 4.78 is 1.64. The molecule has 0 amide bonds. The van der Waals surface area contributed by atoms with Gasteiger partial charge in [-0.15, -0.1) is 0 Å². The molecule has 0 saturated carbocycles. The normalized spacial score (nSPS) is 11.3. The van der Waals surface area contributed by atoms with Crippen LogP contribution in [0.2, 0.25) is 0 Å². The van der Waals surface area contributed by atoms with Crippen LogP contribution < -0.4 is 5.56 Å². The Morgan fingerprint density at radius 3 is 2.59 bits per heavy atom. The molecule has 5 aromatic rings. The number of fused-ring (bicyclic) bond motifs is 2. The van der Waals surface area contributed by atoms with Gasteiger partial charge in [-0.1, -0.05) is 36.4 Å². The number of para-hydroxylation sites is 1. The number of hydrogen-bond donors (Lipinski definition) is 1. The Bertz CT molecular complexity index is 1360. The van der Waals surface area contributed by atoms with E-state index >= 15 is 0 Å². The van der Waals surface area contributed by atoms with Crippen LogP contribution in [0.4, 0.5) is 0 Å². The number of nitrogens with one attached hydrogen (secondary N) is 1. The molecule has 0 fully saturated rings. The maximum absolute atomic E-state index is 13.0. The van der Waals surface area contributed by atoms with Crippen molar-refractivity contribution in [3.05, 3.63) is 95.2 Å². The van der Waals surface area contributed by atoms with Gasteiger partial charge in [-0.25, -0.2) is 4.98 Å². The average Bonchev–Trinajstić information content (AvgIpc) is 3.18. The third kappa shape index (κ3) is 2.38. The topological polar surface area (TPSA) is 50.7 Å². The van der Waals surface area contributed by atoms with Crippen molar-refractivity contribution in [3.8, 4) is 16.8 Å². The number of hydrogen-bond acceptors (Lipinski definition) is 2. The minimum Gasteiger partial charge on any atom is -0.361 e. The van der Waals surface area contributed by atoms with Gasteiger partial charge in [0.25, 0.3) is 5.56 Å². The number of nitrogens with zero attached hydrogens (tertiary/aromatic N) is 2. The summed E-state index contributed by atoms with van der Waals surface area (Å²) in [4.78, 5) is 20.7. The molecule has 2 heterocycles. The summed E-state index contributed by atoms with van der Waals surface area (Å²) in [6, 6.07) is 21.8. The zero-order valence-corrected chi connectivity index (χ0v) is 14.8. The van der Waals surface area contributed by atoms with Gasteiger partial charge in [0.2, 0.25) is 0 Å². The minimum atomic E-state index is -0.0549. The summed E-state index contributed by atoms with van der Waals surface area (Å²) in [6.45, 7) is 2.05. The fourth-order valence-electron chi connectivity index (χ4n) is 3.74. The van der Waals surface area contributed by atoms with Gasteiger partial charge in [-0.05, 0) is 53.9 Å². The summed E-state index contributed by atoms with van der Waals surface area (Å²) in [6.07, 6.45) is 3.57. The number of rotatable bonds is 2. The molecule has 0 aliphatic rings. The third-order valence-corrected chi connectivity index (χ3v) is 5.12. The zero-order chi connectivity index (χ0) is 18.4. The van der Waals surface area contributed by atoms with Crippen molar-refractivity contribution >= 4 is 21.8 Å². The van der Waals surface area contributed by atoms with Crippen molar-refractivity contribution in [2.24, 2.45) is 0 Å². The van der Waals surface area contributed by atoms with E-state index in [9.17, 15) is 4.79 Å². The molecule has 0 unspecified atom stereocenters. The first-order valence-electron chi connectivity index (χ1n) is 8.87. The Kier molecular flexibility index (Phi) is 3.44. The molecule has 27 heavy (non-hydrogen) atoms. The lowest BCUT2D eigenvalue weighted by Crippen LogP contribution is -2.19. The van der Waals surface area contributed by atoms with E-state index in [1.807, 2.05) is 48.7 Å². The third-order valence-electron chi connectivity index (χ3n) is 5.12. The molecule has 0 radical (unpaired) electrons. The Morgan fingerprint density at radius 2 is 1.67 bits per heavy atom. The lowest BCUT2D eigenvalue weighted by Gasteiger charge is -2.14. The Balaban J connectivity index is 1.77. The molecule has 5 rings (SSSR count). The fourth-order valence-corrected chi connectivity index (χ4v) is 3.74. The monoisotopic (exact) mass is 351 g/mol. The highest BCUT2D eigenvalue weighted by Crippen LogP contribution is 2.32. The molecular formula is C23H17N3O. The van der Waals surface area contributed by atoms with Crippen molar-refractivity contribution in [3.63, 3.8) is 0 Å².